The molecule has 1 aliphatic rings. The molecule has 3 atom stereocenters. The number of alkyl halides is 1. The first-order valence-electron chi connectivity index (χ1n) is 12.9. The Balaban J connectivity index is 1.43. The molecule has 6 nitrogen and oxygen atoms in total. The molecule has 0 saturated heterocycles. The van der Waals surface area contributed by atoms with Gasteiger partial charge in [0.2, 0.25) is 9.84 Å². The predicted molar refractivity (Wildman–Crippen MR) is 161 cm³/mol. The molecule has 12 heteroatoms. The second-order valence-electron chi connectivity index (χ2n) is 9.50. The minimum atomic E-state index is -4.61. The van der Waals surface area contributed by atoms with Gasteiger partial charge in [-0.2, -0.15) is 0 Å². The first-order chi connectivity index (χ1) is 19.9. The third-order valence-electron chi connectivity index (χ3n) is 6.62. The number of para-hydroxylation sites is 1. The van der Waals surface area contributed by atoms with E-state index in [-0.39, 0.29) is 33.7 Å². The lowest BCUT2D eigenvalue weighted by Crippen LogP contribution is -2.52. The van der Waals surface area contributed by atoms with Gasteiger partial charge in [-0.15, -0.1) is 0 Å². The van der Waals surface area contributed by atoms with Crippen molar-refractivity contribution < 1.29 is 26.7 Å². The van der Waals surface area contributed by atoms with Crippen molar-refractivity contribution in [3.8, 4) is 5.75 Å². The quantitative estimate of drug-likeness (QED) is 0.210. The summed E-state index contributed by atoms with van der Waals surface area (Å²) in [6.45, 7) is 2.19. The summed E-state index contributed by atoms with van der Waals surface area (Å²) in [6.07, 6.45) is 2.86. The Bertz CT molecular complexity index is 1600. The maximum absolute atomic E-state index is 16.4. The summed E-state index contributed by atoms with van der Waals surface area (Å²) in [5, 5.41) is 3.46. The standard InChI is InChI=1S/C30H27Cl3F2N2O4S/c1-19(37-27-18-21(34)14-15-30(27,35)42(39,40)22-12-10-20(31)11-13-22)23-6-2-3-9-26(23)41-17-5-16-36-29(38)28-24(32)7-4-8-25(28)33/h2-4,6-15,18-19,27,37H,5,16-17H2,1H3,(H,36,38). The summed E-state index contributed by atoms with van der Waals surface area (Å²) < 4.78 is 63.4. The third kappa shape index (κ3) is 6.98. The van der Waals surface area contributed by atoms with Crippen molar-refractivity contribution in [2.75, 3.05) is 13.2 Å². The average Bonchev–Trinajstić information content (AvgIpc) is 2.95. The van der Waals surface area contributed by atoms with Gasteiger partial charge in [-0.05, 0) is 74.0 Å². The highest BCUT2D eigenvalue weighted by Crippen LogP contribution is 2.38. The number of halogens is 5. The van der Waals surface area contributed by atoms with E-state index in [2.05, 4.69) is 10.6 Å². The highest BCUT2D eigenvalue weighted by Gasteiger charge is 2.51. The van der Waals surface area contributed by atoms with Gasteiger partial charge >= 0.3 is 0 Å². The van der Waals surface area contributed by atoms with E-state index in [9.17, 15) is 17.6 Å². The molecule has 0 spiro atoms. The first-order valence-corrected chi connectivity index (χ1v) is 15.5. The number of carbonyl (C=O) groups is 1. The zero-order valence-electron chi connectivity index (χ0n) is 22.3. The van der Waals surface area contributed by atoms with Crippen LogP contribution in [0.1, 0.15) is 35.3 Å². The summed E-state index contributed by atoms with van der Waals surface area (Å²) in [7, 11) is -4.61. The van der Waals surface area contributed by atoms with Crippen LogP contribution in [0.5, 0.6) is 5.75 Å². The van der Waals surface area contributed by atoms with Crippen LogP contribution in [0.2, 0.25) is 15.1 Å². The maximum Gasteiger partial charge on any atom is 0.254 e. The van der Waals surface area contributed by atoms with Crippen molar-refractivity contribution in [2.45, 2.75) is 35.3 Å². The van der Waals surface area contributed by atoms with Crippen molar-refractivity contribution >= 4 is 50.5 Å². The van der Waals surface area contributed by atoms with E-state index >= 15 is 4.39 Å². The van der Waals surface area contributed by atoms with Gasteiger partial charge in [0.15, 0.2) is 0 Å². The van der Waals surface area contributed by atoms with Gasteiger partial charge in [0, 0.05) is 23.2 Å². The van der Waals surface area contributed by atoms with Gasteiger partial charge in [-0.25, -0.2) is 17.2 Å². The Morgan fingerprint density at radius 1 is 1.02 bits per heavy atom. The summed E-state index contributed by atoms with van der Waals surface area (Å²) in [5.41, 5.74) is 0.788. The fraction of sp³-hybridized carbons (Fsp3) is 0.233. The van der Waals surface area contributed by atoms with E-state index in [1.54, 1.807) is 49.4 Å². The van der Waals surface area contributed by atoms with Crippen molar-refractivity contribution in [1.29, 1.82) is 0 Å². The van der Waals surface area contributed by atoms with Crippen LogP contribution in [-0.4, -0.2) is 38.5 Å². The predicted octanol–water partition coefficient (Wildman–Crippen LogP) is 7.43. The monoisotopic (exact) mass is 654 g/mol. The molecule has 0 aliphatic heterocycles. The number of amides is 1. The Morgan fingerprint density at radius 3 is 2.38 bits per heavy atom. The lowest BCUT2D eigenvalue weighted by Gasteiger charge is -2.34. The van der Waals surface area contributed by atoms with E-state index in [1.165, 1.54) is 24.3 Å². The molecule has 0 heterocycles. The molecular formula is C30H27Cl3F2N2O4S. The van der Waals surface area contributed by atoms with Crippen molar-refractivity contribution in [2.24, 2.45) is 0 Å². The molecule has 0 saturated carbocycles. The Morgan fingerprint density at radius 2 is 1.69 bits per heavy atom. The molecule has 1 amide bonds. The number of benzene rings is 3. The molecular weight excluding hydrogens is 629 g/mol. The molecule has 3 unspecified atom stereocenters. The largest absolute Gasteiger partial charge is 0.493 e. The zero-order valence-corrected chi connectivity index (χ0v) is 25.4. The van der Waals surface area contributed by atoms with Crippen LogP contribution in [0.15, 0.2) is 95.7 Å². The van der Waals surface area contributed by atoms with E-state index in [4.69, 9.17) is 39.5 Å². The summed E-state index contributed by atoms with van der Waals surface area (Å²) in [4.78, 5) is 12.2. The lowest BCUT2D eigenvalue weighted by molar-refractivity contribution is 0.0952. The number of ether oxygens (including phenoxy) is 1. The molecule has 0 fully saturated rings. The minimum Gasteiger partial charge on any atom is -0.493 e. The van der Waals surface area contributed by atoms with E-state index in [0.29, 0.717) is 28.8 Å². The highest BCUT2D eigenvalue weighted by atomic mass is 35.5. The molecule has 0 radical (unpaired) electrons. The zero-order chi connectivity index (χ0) is 30.5. The van der Waals surface area contributed by atoms with Crippen LogP contribution in [0.25, 0.3) is 0 Å². The topological polar surface area (TPSA) is 84.5 Å². The Kier molecular flexibility index (Phi) is 10.3. The van der Waals surface area contributed by atoms with Gasteiger partial charge in [-0.3, -0.25) is 10.1 Å². The Hall–Kier alpha value is -2.95. The van der Waals surface area contributed by atoms with Crippen LogP contribution < -0.4 is 15.4 Å². The van der Waals surface area contributed by atoms with Crippen molar-refractivity contribution in [3.63, 3.8) is 0 Å². The SMILES string of the molecule is CC(NC1C=C(F)C=CC1(F)S(=O)(=O)c1ccc(Cl)cc1)c1ccccc1OCCCNC(=O)c1c(Cl)cccc1Cl. The summed E-state index contributed by atoms with van der Waals surface area (Å²) >= 11 is 18.0. The van der Waals surface area contributed by atoms with E-state index in [1.807, 2.05) is 0 Å². The normalized spacial score (nSPS) is 19.2. The number of carbonyl (C=O) groups excluding carboxylic acids is 1. The van der Waals surface area contributed by atoms with Crippen LogP contribution >= 0.6 is 34.8 Å². The highest BCUT2D eigenvalue weighted by molar-refractivity contribution is 7.93. The molecule has 4 rings (SSSR count). The molecule has 3 aromatic rings. The number of rotatable bonds is 11. The van der Waals surface area contributed by atoms with Gasteiger partial charge < -0.3 is 10.1 Å². The van der Waals surface area contributed by atoms with Gasteiger partial charge in [0.1, 0.15) is 11.6 Å². The van der Waals surface area contributed by atoms with Crippen LogP contribution in [0.4, 0.5) is 8.78 Å². The fourth-order valence-electron chi connectivity index (χ4n) is 4.43. The minimum absolute atomic E-state index is 0.192. The number of nitrogens with one attached hydrogen (secondary N) is 2. The summed E-state index contributed by atoms with van der Waals surface area (Å²) in [6, 6.07) is 14.6. The number of hydrogen-bond acceptors (Lipinski definition) is 5. The summed E-state index contributed by atoms with van der Waals surface area (Å²) in [5.74, 6) is -0.725. The molecule has 1 aliphatic carbocycles. The smallest absolute Gasteiger partial charge is 0.254 e. The maximum atomic E-state index is 16.4. The molecule has 0 bridgehead atoms. The van der Waals surface area contributed by atoms with Crippen molar-refractivity contribution in [1.82, 2.24) is 10.6 Å². The number of allylic oxidation sites excluding steroid dienone is 2. The molecule has 222 valence electrons. The lowest BCUT2D eigenvalue weighted by atomic mass is 10.0. The fourth-order valence-corrected chi connectivity index (χ4v) is 6.69. The van der Waals surface area contributed by atoms with E-state index < -0.39 is 38.7 Å². The molecule has 0 aromatic heterocycles. The number of hydrogen-bond donors (Lipinski definition) is 2. The Labute approximate surface area is 258 Å². The second kappa shape index (κ2) is 13.6. The van der Waals surface area contributed by atoms with Gasteiger partial charge in [-0.1, -0.05) is 59.1 Å². The van der Waals surface area contributed by atoms with Crippen LogP contribution in [-0.2, 0) is 9.84 Å². The van der Waals surface area contributed by atoms with Crippen molar-refractivity contribution in [3.05, 3.63) is 117 Å². The molecule has 42 heavy (non-hydrogen) atoms. The molecule has 2 N–H and O–H groups in total. The average molecular weight is 656 g/mol. The molecule has 3 aromatic carbocycles. The van der Waals surface area contributed by atoms with Crippen LogP contribution in [0.3, 0.4) is 0 Å². The van der Waals surface area contributed by atoms with Gasteiger partial charge in [0.05, 0.1) is 33.2 Å². The third-order valence-corrected chi connectivity index (χ3v) is 9.61. The van der Waals surface area contributed by atoms with Gasteiger partial charge in [0.25, 0.3) is 10.9 Å². The van der Waals surface area contributed by atoms with Crippen LogP contribution in [0, 0.1) is 0 Å². The second-order valence-corrected chi connectivity index (χ2v) is 12.9. The number of sulfone groups is 1. The van der Waals surface area contributed by atoms with E-state index in [0.717, 1.165) is 12.2 Å². The first kappa shape index (κ1) is 32.0.